The second-order valence-electron chi connectivity index (χ2n) is 6.10. The van der Waals surface area contributed by atoms with Gasteiger partial charge in [0.25, 0.3) is 0 Å². The minimum absolute atomic E-state index is 0.295. The highest BCUT2D eigenvalue weighted by Gasteiger charge is 2.21. The number of rotatable bonds is 6. The molecular weight excluding hydrogens is 254 g/mol. The van der Waals surface area contributed by atoms with Crippen LogP contribution in [0.2, 0.25) is 0 Å². The van der Waals surface area contributed by atoms with Crippen LogP contribution in [0.1, 0.15) is 51.1 Å². The summed E-state index contributed by atoms with van der Waals surface area (Å²) in [5.41, 5.74) is 1.25. The van der Waals surface area contributed by atoms with Crippen molar-refractivity contribution in [2.24, 2.45) is 5.92 Å². The van der Waals surface area contributed by atoms with Gasteiger partial charge in [0.1, 0.15) is 0 Å². The predicted molar refractivity (Wildman–Crippen MR) is 77.5 cm³/mol. The van der Waals surface area contributed by atoms with Crippen LogP contribution < -0.4 is 0 Å². The van der Waals surface area contributed by atoms with Gasteiger partial charge in [-0.15, -0.1) is 0 Å². The molecule has 5 heteroatoms. The first kappa shape index (κ1) is 15.0. The summed E-state index contributed by atoms with van der Waals surface area (Å²) in [6.45, 7) is 7.30. The number of aromatic nitrogens is 2. The highest BCUT2D eigenvalue weighted by molar-refractivity contribution is 5.66. The van der Waals surface area contributed by atoms with Crippen molar-refractivity contribution < 1.29 is 9.90 Å². The van der Waals surface area contributed by atoms with Crippen LogP contribution >= 0.6 is 0 Å². The second kappa shape index (κ2) is 6.88. The average molecular weight is 279 g/mol. The van der Waals surface area contributed by atoms with Gasteiger partial charge in [-0.1, -0.05) is 0 Å². The highest BCUT2D eigenvalue weighted by Crippen LogP contribution is 2.22. The number of likely N-dealkylation sites (tertiary alicyclic amines) is 1. The molecule has 2 rings (SSSR count). The molecule has 0 saturated carbocycles. The van der Waals surface area contributed by atoms with Crippen molar-refractivity contribution in [1.82, 2.24) is 14.7 Å². The molecule has 0 radical (unpaired) electrons. The molecule has 1 aliphatic rings. The van der Waals surface area contributed by atoms with Gasteiger partial charge >= 0.3 is 5.97 Å². The largest absolute Gasteiger partial charge is 0.481 e. The first-order chi connectivity index (χ1) is 9.54. The van der Waals surface area contributed by atoms with E-state index in [0.717, 1.165) is 32.5 Å². The summed E-state index contributed by atoms with van der Waals surface area (Å²) in [4.78, 5) is 13.1. The van der Waals surface area contributed by atoms with Crippen molar-refractivity contribution in [3.63, 3.8) is 0 Å². The third-order valence-corrected chi connectivity index (χ3v) is 3.96. The lowest BCUT2D eigenvalue weighted by Crippen LogP contribution is -2.35. The Morgan fingerprint density at radius 2 is 2.35 bits per heavy atom. The zero-order valence-corrected chi connectivity index (χ0v) is 12.5. The molecule has 1 N–H and O–H groups in total. The summed E-state index contributed by atoms with van der Waals surface area (Å²) >= 11 is 0. The zero-order valence-electron chi connectivity index (χ0n) is 12.5. The third-order valence-electron chi connectivity index (χ3n) is 3.96. The van der Waals surface area contributed by atoms with Crippen LogP contribution in [0.3, 0.4) is 0 Å². The standard InChI is InChI=1S/C15H25N3O2/c1-12(2)18-11-14(8-16-18)10-17-7-3-4-13(9-17)5-6-15(19)20/h8,11-13H,3-7,9-10H2,1-2H3,(H,19,20). The van der Waals surface area contributed by atoms with E-state index in [4.69, 9.17) is 5.11 Å². The van der Waals surface area contributed by atoms with Gasteiger partial charge in [-0.3, -0.25) is 14.4 Å². The number of aliphatic carboxylic acids is 1. The van der Waals surface area contributed by atoms with Crippen molar-refractivity contribution in [3.8, 4) is 0 Å². The van der Waals surface area contributed by atoms with Crippen LogP contribution in [0.25, 0.3) is 0 Å². The van der Waals surface area contributed by atoms with Crippen LogP contribution in [-0.2, 0) is 11.3 Å². The monoisotopic (exact) mass is 279 g/mol. The van der Waals surface area contributed by atoms with E-state index < -0.39 is 5.97 Å². The van der Waals surface area contributed by atoms with E-state index in [2.05, 4.69) is 30.0 Å². The first-order valence-electron chi connectivity index (χ1n) is 7.51. The minimum Gasteiger partial charge on any atom is -0.481 e. The van der Waals surface area contributed by atoms with Crippen LogP contribution in [0.4, 0.5) is 0 Å². The topological polar surface area (TPSA) is 58.4 Å². The SMILES string of the molecule is CC(C)n1cc(CN2CCCC(CCC(=O)O)C2)cn1. The Morgan fingerprint density at radius 1 is 1.55 bits per heavy atom. The van der Waals surface area contributed by atoms with Crippen LogP contribution in [0, 0.1) is 5.92 Å². The lowest BCUT2D eigenvalue weighted by Gasteiger charge is -2.32. The predicted octanol–water partition coefficient (Wildman–Crippen LogP) is 2.54. The molecule has 1 aromatic heterocycles. The molecule has 0 amide bonds. The van der Waals surface area contributed by atoms with Crippen molar-refractivity contribution in [2.75, 3.05) is 13.1 Å². The summed E-state index contributed by atoms with van der Waals surface area (Å²) in [5.74, 6) is -0.152. The van der Waals surface area contributed by atoms with E-state index >= 15 is 0 Å². The third kappa shape index (κ3) is 4.34. The minimum atomic E-state index is -0.680. The molecule has 1 aliphatic heterocycles. The molecule has 2 heterocycles. The zero-order chi connectivity index (χ0) is 14.5. The van der Waals surface area contributed by atoms with Crippen LogP contribution in [0.5, 0.6) is 0 Å². The van der Waals surface area contributed by atoms with Gasteiger partial charge < -0.3 is 5.11 Å². The van der Waals surface area contributed by atoms with E-state index in [1.807, 2.05) is 10.9 Å². The fraction of sp³-hybridized carbons (Fsp3) is 0.733. The average Bonchev–Trinajstić information content (AvgIpc) is 2.85. The number of hydrogen-bond donors (Lipinski definition) is 1. The van der Waals surface area contributed by atoms with Crippen molar-refractivity contribution >= 4 is 5.97 Å². The Balaban J connectivity index is 1.84. The molecular formula is C15H25N3O2. The maximum Gasteiger partial charge on any atom is 0.303 e. The molecule has 1 atom stereocenters. The maximum atomic E-state index is 10.7. The van der Waals surface area contributed by atoms with Crippen LogP contribution in [0.15, 0.2) is 12.4 Å². The molecule has 20 heavy (non-hydrogen) atoms. The summed E-state index contributed by atoms with van der Waals surface area (Å²) < 4.78 is 1.99. The number of piperidine rings is 1. The molecule has 112 valence electrons. The Kier molecular flexibility index (Phi) is 5.17. The normalized spacial score (nSPS) is 20.4. The Hall–Kier alpha value is -1.36. The molecule has 0 aromatic carbocycles. The molecule has 1 saturated heterocycles. The van der Waals surface area contributed by atoms with Gasteiger partial charge in [-0.25, -0.2) is 0 Å². The maximum absolute atomic E-state index is 10.7. The number of carboxylic acid groups (broad SMARTS) is 1. The fourth-order valence-electron chi connectivity index (χ4n) is 2.86. The number of nitrogens with zero attached hydrogens (tertiary/aromatic N) is 3. The summed E-state index contributed by atoms with van der Waals surface area (Å²) in [5, 5.41) is 13.1. The number of carboxylic acids is 1. The van der Waals surface area contributed by atoms with Gasteiger partial charge in [0.15, 0.2) is 0 Å². The van der Waals surface area contributed by atoms with E-state index in [1.54, 1.807) is 0 Å². The Bertz CT molecular complexity index is 442. The molecule has 0 bridgehead atoms. The molecule has 1 fully saturated rings. The fourth-order valence-corrected chi connectivity index (χ4v) is 2.86. The summed E-state index contributed by atoms with van der Waals surface area (Å²) in [6, 6.07) is 0.397. The van der Waals surface area contributed by atoms with E-state index in [9.17, 15) is 4.79 Å². The van der Waals surface area contributed by atoms with Gasteiger partial charge in [0.05, 0.1) is 6.20 Å². The second-order valence-corrected chi connectivity index (χ2v) is 6.10. The molecule has 0 aliphatic carbocycles. The quantitative estimate of drug-likeness (QED) is 0.869. The lowest BCUT2D eigenvalue weighted by molar-refractivity contribution is -0.137. The number of hydrogen-bond acceptors (Lipinski definition) is 3. The van der Waals surface area contributed by atoms with Crippen molar-refractivity contribution in [3.05, 3.63) is 18.0 Å². The van der Waals surface area contributed by atoms with Crippen molar-refractivity contribution in [2.45, 2.75) is 52.1 Å². The molecule has 5 nitrogen and oxygen atoms in total. The van der Waals surface area contributed by atoms with E-state index in [-0.39, 0.29) is 0 Å². The summed E-state index contributed by atoms with van der Waals surface area (Å²) in [6.07, 6.45) is 7.49. The summed E-state index contributed by atoms with van der Waals surface area (Å²) in [7, 11) is 0. The molecule has 0 spiro atoms. The van der Waals surface area contributed by atoms with Crippen molar-refractivity contribution in [1.29, 1.82) is 0 Å². The van der Waals surface area contributed by atoms with E-state index in [0.29, 0.717) is 18.4 Å². The molecule has 1 aromatic rings. The highest BCUT2D eigenvalue weighted by atomic mass is 16.4. The number of carbonyl (C=O) groups is 1. The van der Waals surface area contributed by atoms with Gasteiger partial charge in [-0.2, -0.15) is 5.10 Å². The Labute approximate surface area is 120 Å². The first-order valence-corrected chi connectivity index (χ1v) is 7.51. The van der Waals surface area contributed by atoms with E-state index in [1.165, 1.54) is 12.0 Å². The lowest BCUT2D eigenvalue weighted by atomic mass is 9.93. The van der Waals surface area contributed by atoms with Gasteiger partial charge in [-0.05, 0) is 45.6 Å². The smallest absolute Gasteiger partial charge is 0.303 e. The Morgan fingerprint density at radius 3 is 3.00 bits per heavy atom. The van der Waals surface area contributed by atoms with Gasteiger partial charge in [0.2, 0.25) is 0 Å². The van der Waals surface area contributed by atoms with Crippen LogP contribution in [-0.4, -0.2) is 38.8 Å². The van der Waals surface area contributed by atoms with Gasteiger partial charge in [0, 0.05) is 37.3 Å². The molecule has 1 unspecified atom stereocenters.